The Bertz CT molecular complexity index is 812. The lowest BCUT2D eigenvalue weighted by molar-refractivity contribution is 0.164. The molecule has 0 aliphatic carbocycles. The number of guanidine groups is 1. The first-order chi connectivity index (χ1) is 14.6. The number of hydrogen-bond acceptors (Lipinski definition) is 5. The van der Waals surface area contributed by atoms with Gasteiger partial charge in [-0.05, 0) is 57.5 Å². The largest absolute Gasteiger partial charge is 0.497 e. The quantitative estimate of drug-likeness (QED) is 0.495. The lowest BCUT2D eigenvalue weighted by Gasteiger charge is -2.35. The van der Waals surface area contributed by atoms with Crippen LogP contribution in [0.15, 0.2) is 29.3 Å². The van der Waals surface area contributed by atoms with Gasteiger partial charge in [0.05, 0.1) is 23.9 Å². The zero-order valence-corrected chi connectivity index (χ0v) is 19.5. The van der Waals surface area contributed by atoms with Crippen molar-refractivity contribution in [3.8, 4) is 5.75 Å². The van der Waals surface area contributed by atoms with Crippen LogP contribution >= 0.6 is 11.3 Å². The summed E-state index contributed by atoms with van der Waals surface area (Å²) in [5.74, 6) is 1.75. The number of ether oxygens (including phenoxy) is 1. The molecule has 0 spiro atoms. The number of nitrogens with one attached hydrogen (secondary N) is 2. The van der Waals surface area contributed by atoms with Gasteiger partial charge in [-0.25, -0.2) is 4.98 Å². The number of aryl methyl sites for hydroxylation is 2. The van der Waals surface area contributed by atoms with E-state index >= 15 is 0 Å². The maximum Gasteiger partial charge on any atom is 0.191 e. The highest BCUT2D eigenvalue weighted by Crippen LogP contribution is 2.26. The first kappa shape index (κ1) is 22.6. The molecular weight excluding hydrogens is 394 g/mol. The minimum atomic E-state index is 0.321. The number of aliphatic imine (C=N–C) groups is 1. The van der Waals surface area contributed by atoms with Gasteiger partial charge in [0.15, 0.2) is 5.96 Å². The van der Waals surface area contributed by atoms with E-state index in [2.05, 4.69) is 63.6 Å². The number of thiazole rings is 1. The smallest absolute Gasteiger partial charge is 0.191 e. The van der Waals surface area contributed by atoms with Crippen molar-refractivity contribution in [2.24, 2.45) is 4.99 Å². The van der Waals surface area contributed by atoms with Gasteiger partial charge in [-0.1, -0.05) is 18.6 Å². The summed E-state index contributed by atoms with van der Waals surface area (Å²) in [6.07, 6.45) is 4.84. The van der Waals surface area contributed by atoms with Crippen molar-refractivity contribution in [1.29, 1.82) is 0 Å². The third kappa shape index (κ3) is 6.19. The molecule has 0 bridgehead atoms. The van der Waals surface area contributed by atoms with E-state index in [-0.39, 0.29) is 0 Å². The molecule has 6 nitrogen and oxygen atoms in total. The Morgan fingerprint density at radius 2 is 1.90 bits per heavy atom. The van der Waals surface area contributed by atoms with Crippen molar-refractivity contribution in [3.05, 3.63) is 45.4 Å². The average molecular weight is 430 g/mol. The standard InChI is InChI=1S/C23H35N5OS/c1-17-22(30-18(2)27-17)12-13-25-23(24-3)26-16-21(28-14-6-5-7-15-28)19-8-10-20(29-4)11-9-19/h8-11,21H,5-7,12-16H2,1-4H3,(H2,24,25,26). The molecular formula is C23H35N5OS. The van der Waals surface area contributed by atoms with Crippen molar-refractivity contribution in [3.63, 3.8) is 0 Å². The van der Waals surface area contributed by atoms with Crippen LogP contribution in [0.25, 0.3) is 0 Å². The number of aromatic nitrogens is 1. The molecule has 1 aliphatic heterocycles. The average Bonchev–Trinajstić information content (AvgIpc) is 3.10. The Morgan fingerprint density at radius 3 is 2.50 bits per heavy atom. The fourth-order valence-electron chi connectivity index (χ4n) is 4.03. The number of likely N-dealkylation sites (tertiary alicyclic amines) is 1. The first-order valence-electron chi connectivity index (χ1n) is 10.9. The number of methoxy groups -OCH3 is 1. The molecule has 1 aromatic heterocycles. The molecule has 2 heterocycles. The fourth-order valence-corrected chi connectivity index (χ4v) is 4.96. The van der Waals surface area contributed by atoms with Crippen LogP contribution in [0.5, 0.6) is 5.75 Å². The van der Waals surface area contributed by atoms with Gasteiger partial charge in [-0.15, -0.1) is 11.3 Å². The normalized spacial score (nSPS) is 16.3. The summed E-state index contributed by atoms with van der Waals surface area (Å²) < 4.78 is 5.34. The summed E-state index contributed by atoms with van der Waals surface area (Å²) in [5, 5.41) is 8.15. The highest BCUT2D eigenvalue weighted by Gasteiger charge is 2.22. The summed E-state index contributed by atoms with van der Waals surface area (Å²) in [6.45, 7) is 8.12. The van der Waals surface area contributed by atoms with Gasteiger partial charge in [0.1, 0.15) is 5.75 Å². The van der Waals surface area contributed by atoms with Crippen LogP contribution in [0.2, 0.25) is 0 Å². The minimum Gasteiger partial charge on any atom is -0.497 e. The second-order valence-corrected chi connectivity index (χ2v) is 9.04. The predicted molar refractivity (Wildman–Crippen MR) is 126 cm³/mol. The van der Waals surface area contributed by atoms with E-state index in [0.29, 0.717) is 6.04 Å². The molecule has 0 radical (unpaired) electrons. The number of hydrogen-bond donors (Lipinski definition) is 2. The zero-order chi connectivity index (χ0) is 21.3. The highest BCUT2D eigenvalue weighted by molar-refractivity contribution is 7.11. The monoisotopic (exact) mass is 429 g/mol. The van der Waals surface area contributed by atoms with Crippen molar-refractivity contribution in [2.45, 2.75) is 45.6 Å². The molecule has 1 atom stereocenters. The van der Waals surface area contributed by atoms with Crippen LogP contribution in [0.1, 0.15) is 46.4 Å². The molecule has 1 aliphatic rings. The second kappa shape index (κ2) is 11.3. The van der Waals surface area contributed by atoms with Gasteiger partial charge >= 0.3 is 0 Å². The van der Waals surface area contributed by atoms with Crippen molar-refractivity contribution >= 4 is 17.3 Å². The number of rotatable bonds is 8. The topological polar surface area (TPSA) is 61.8 Å². The van der Waals surface area contributed by atoms with Crippen molar-refractivity contribution in [2.75, 3.05) is 40.3 Å². The van der Waals surface area contributed by atoms with Crippen LogP contribution in [0.3, 0.4) is 0 Å². The Morgan fingerprint density at radius 1 is 1.17 bits per heavy atom. The summed E-state index contributed by atoms with van der Waals surface area (Å²) in [4.78, 5) is 12.9. The van der Waals surface area contributed by atoms with Gasteiger partial charge in [0.25, 0.3) is 0 Å². The molecule has 1 aromatic carbocycles. The van der Waals surface area contributed by atoms with Gasteiger partial charge in [0, 0.05) is 31.4 Å². The Balaban J connectivity index is 1.58. The molecule has 3 rings (SSSR count). The predicted octanol–water partition coefficient (Wildman–Crippen LogP) is 3.70. The lowest BCUT2D eigenvalue weighted by Crippen LogP contribution is -2.44. The number of nitrogens with zero attached hydrogens (tertiary/aromatic N) is 3. The maximum absolute atomic E-state index is 5.34. The molecule has 2 N–H and O–H groups in total. The van der Waals surface area contributed by atoms with Crippen LogP contribution in [0, 0.1) is 13.8 Å². The molecule has 2 aromatic rings. The molecule has 1 unspecified atom stereocenters. The van der Waals surface area contributed by atoms with Crippen LogP contribution in [0.4, 0.5) is 0 Å². The fraction of sp³-hybridized carbons (Fsp3) is 0.565. The number of benzene rings is 1. The number of piperidine rings is 1. The Hall–Kier alpha value is -2.12. The van der Waals surface area contributed by atoms with Gasteiger partial charge in [-0.2, -0.15) is 0 Å². The SMILES string of the molecule is CN=C(NCCc1sc(C)nc1C)NCC(c1ccc(OC)cc1)N1CCCCC1. The second-order valence-electron chi connectivity index (χ2n) is 7.76. The van der Waals surface area contributed by atoms with Crippen molar-refractivity contribution in [1.82, 2.24) is 20.5 Å². The molecule has 0 saturated carbocycles. The Labute approximate surface area is 184 Å². The van der Waals surface area contributed by atoms with Crippen LogP contribution in [-0.2, 0) is 6.42 Å². The van der Waals surface area contributed by atoms with Gasteiger partial charge < -0.3 is 15.4 Å². The summed E-state index contributed by atoms with van der Waals surface area (Å²) in [7, 11) is 3.55. The van der Waals surface area contributed by atoms with Gasteiger partial charge in [-0.3, -0.25) is 9.89 Å². The molecule has 1 fully saturated rings. The van der Waals surface area contributed by atoms with E-state index < -0.39 is 0 Å². The van der Waals surface area contributed by atoms with E-state index in [9.17, 15) is 0 Å². The van der Waals surface area contributed by atoms with Crippen LogP contribution in [-0.4, -0.2) is 56.2 Å². The summed E-state index contributed by atoms with van der Waals surface area (Å²) in [6, 6.07) is 8.80. The molecule has 164 valence electrons. The lowest BCUT2D eigenvalue weighted by atomic mass is 10.0. The molecule has 0 amide bonds. The Kier molecular flexibility index (Phi) is 8.51. The summed E-state index contributed by atoms with van der Waals surface area (Å²) >= 11 is 1.78. The zero-order valence-electron chi connectivity index (χ0n) is 18.7. The van der Waals surface area contributed by atoms with E-state index in [4.69, 9.17) is 4.74 Å². The van der Waals surface area contributed by atoms with E-state index in [1.807, 2.05) is 7.05 Å². The third-order valence-corrected chi connectivity index (χ3v) is 6.80. The molecule has 30 heavy (non-hydrogen) atoms. The maximum atomic E-state index is 5.34. The summed E-state index contributed by atoms with van der Waals surface area (Å²) in [5.41, 5.74) is 2.46. The van der Waals surface area contributed by atoms with E-state index in [0.717, 1.165) is 55.0 Å². The van der Waals surface area contributed by atoms with Gasteiger partial charge in [0.2, 0.25) is 0 Å². The van der Waals surface area contributed by atoms with Crippen LogP contribution < -0.4 is 15.4 Å². The third-order valence-electron chi connectivity index (χ3n) is 5.66. The van der Waals surface area contributed by atoms with E-state index in [1.54, 1.807) is 18.4 Å². The first-order valence-corrected chi connectivity index (χ1v) is 11.7. The minimum absolute atomic E-state index is 0.321. The van der Waals surface area contributed by atoms with Crippen molar-refractivity contribution < 1.29 is 4.74 Å². The molecule has 7 heteroatoms. The highest BCUT2D eigenvalue weighted by atomic mass is 32.1. The molecule has 1 saturated heterocycles. The van der Waals surface area contributed by atoms with E-state index in [1.165, 1.54) is 29.7 Å².